The zero-order valence-corrected chi connectivity index (χ0v) is 15.5. The Morgan fingerprint density at radius 2 is 2.19 bits per heavy atom. The number of esters is 1. The van der Waals surface area contributed by atoms with Gasteiger partial charge in [-0.05, 0) is 31.4 Å². The van der Waals surface area contributed by atoms with Gasteiger partial charge in [-0.15, -0.1) is 0 Å². The highest BCUT2D eigenvalue weighted by molar-refractivity contribution is 5.89. The van der Waals surface area contributed by atoms with Crippen LogP contribution in [0.2, 0.25) is 0 Å². The largest absolute Gasteiger partial charge is 0.497 e. The number of hydrogen-bond acceptors (Lipinski definition) is 5. The molecule has 4 heterocycles. The smallest absolute Gasteiger partial charge is 0.337 e. The summed E-state index contributed by atoms with van der Waals surface area (Å²) in [5.74, 6) is -0.605. The Morgan fingerprint density at radius 1 is 1.37 bits per heavy atom. The Hall–Kier alpha value is -2.31. The number of H-pyrrole nitrogens is 1. The fourth-order valence-corrected chi connectivity index (χ4v) is 5.31. The molecule has 2 aromatic rings. The van der Waals surface area contributed by atoms with Crippen LogP contribution in [0.25, 0.3) is 10.9 Å². The molecular weight excluding hydrogens is 344 g/mol. The highest BCUT2D eigenvalue weighted by atomic mass is 16.5. The van der Waals surface area contributed by atoms with Crippen molar-refractivity contribution < 1.29 is 19.4 Å². The average molecular weight is 368 g/mol. The number of carbonyl (C=O) groups is 1. The van der Waals surface area contributed by atoms with Gasteiger partial charge in [0.1, 0.15) is 12.3 Å². The van der Waals surface area contributed by atoms with Crippen molar-refractivity contribution in [3.8, 4) is 0 Å². The Kier molecular flexibility index (Phi) is 3.81. The zero-order valence-electron chi connectivity index (χ0n) is 15.5. The average Bonchev–Trinajstić information content (AvgIpc) is 3.07. The third-order valence-electron chi connectivity index (χ3n) is 6.60. The molecule has 5 unspecified atom stereocenters. The minimum absolute atomic E-state index is 0.0516. The lowest BCUT2D eigenvalue weighted by molar-refractivity contribution is -0.161. The summed E-state index contributed by atoms with van der Waals surface area (Å²) in [6, 6.07) is 8.39. The summed E-state index contributed by atoms with van der Waals surface area (Å²) in [5.41, 5.74) is 4.16. The van der Waals surface area contributed by atoms with Crippen molar-refractivity contribution in [2.45, 2.75) is 38.1 Å². The van der Waals surface area contributed by atoms with Gasteiger partial charge in [-0.1, -0.05) is 18.2 Å². The van der Waals surface area contributed by atoms with Crippen molar-refractivity contribution in [1.82, 2.24) is 9.88 Å². The van der Waals surface area contributed by atoms with Gasteiger partial charge in [0.2, 0.25) is 0 Å². The molecule has 1 saturated heterocycles. The number of aliphatic hydroxyl groups is 1. The topological polar surface area (TPSA) is 74.8 Å². The number of nitrogens with one attached hydrogen (secondary N) is 1. The second-order valence-electron chi connectivity index (χ2n) is 7.81. The quantitative estimate of drug-likeness (QED) is 0.757. The number of aliphatic hydroxyl groups excluding tert-OH is 1. The van der Waals surface area contributed by atoms with Gasteiger partial charge < -0.3 is 19.6 Å². The maximum absolute atomic E-state index is 12.3. The predicted molar refractivity (Wildman–Crippen MR) is 99.7 cm³/mol. The molecule has 0 aliphatic carbocycles. The molecule has 3 aliphatic heterocycles. The molecule has 27 heavy (non-hydrogen) atoms. The van der Waals surface area contributed by atoms with Crippen LogP contribution in [-0.2, 0) is 20.7 Å². The van der Waals surface area contributed by atoms with Crippen LogP contribution in [0.3, 0.4) is 0 Å². The first kappa shape index (κ1) is 16.8. The summed E-state index contributed by atoms with van der Waals surface area (Å²) < 4.78 is 10.7. The third kappa shape index (κ3) is 2.36. The van der Waals surface area contributed by atoms with E-state index >= 15 is 0 Å². The number of fused-ring (bicyclic) bond motifs is 6. The zero-order chi connectivity index (χ0) is 18.7. The van der Waals surface area contributed by atoms with Gasteiger partial charge in [-0.25, -0.2) is 4.79 Å². The highest BCUT2D eigenvalue weighted by Gasteiger charge is 2.51. The van der Waals surface area contributed by atoms with E-state index in [1.165, 1.54) is 30.0 Å². The van der Waals surface area contributed by atoms with Crippen molar-refractivity contribution in [2.75, 3.05) is 13.7 Å². The fraction of sp³-hybridized carbons (Fsp3) is 0.476. The first-order valence-corrected chi connectivity index (χ1v) is 9.57. The molecule has 142 valence electrons. The lowest BCUT2D eigenvalue weighted by Crippen LogP contribution is -2.57. The molecule has 1 fully saturated rings. The second kappa shape index (κ2) is 6.11. The van der Waals surface area contributed by atoms with E-state index in [1.54, 1.807) is 0 Å². The number of rotatable bonds is 1. The number of ether oxygens (including phenoxy) is 2. The second-order valence-corrected chi connectivity index (χ2v) is 7.81. The number of benzene rings is 1. The molecule has 5 atom stereocenters. The van der Waals surface area contributed by atoms with Crippen LogP contribution in [0.15, 0.2) is 36.1 Å². The summed E-state index contributed by atoms with van der Waals surface area (Å²) in [6.45, 7) is 2.76. The Balaban J connectivity index is 1.59. The summed E-state index contributed by atoms with van der Waals surface area (Å²) in [5, 5.41) is 12.5. The summed E-state index contributed by atoms with van der Waals surface area (Å²) in [4.78, 5) is 18.1. The molecule has 1 aromatic carbocycles. The van der Waals surface area contributed by atoms with Gasteiger partial charge in [0, 0.05) is 35.0 Å². The normalized spacial score (nSPS) is 32.7. The van der Waals surface area contributed by atoms with Gasteiger partial charge in [-0.3, -0.25) is 4.90 Å². The van der Waals surface area contributed by atoms with Gasteiger partial charge in [0.05, 0.1) is 25.0 Å². The lowest BCUT2D eigenvalue weighted by atomic mass is 9.71. The van der Waals surface area contributed by atoms with Crippen LogP contribution in [-0.4, -0.2) is 46.9 Å². The number of aromatic amines is 1. The number of para-hydroxylation sites is 1. The number of nitrogens with zero attached hydrogens (tertiary/aromatic N) is 1. The van der Waals surface area contributed by atoms with Gasteiger partial charge >= 0.3 is 5.97 Å². The van der Waals surface area contributed by atoms with E-state index in [2.05, 4.69) is 28.1 Å². The number of aromatic nitrogens is 1. The van der Waals surface area contributed by atoms with E-state index in [-0.39, 0.29) is 30.0 Å². The van der Waals surface area contributed by atoms with Gasteiger partial charge in [0.25, 0.3) is 0 Å². The molecule has 3 aliphatic rings. The Bertz CT molecular complexity index is 933. The fourth-order valence-electron chi connectivity index (χ4n) is 5.31. The predicted octanol–water partition coefficient (Wildman–Crippen LogP) is 2.50. The van der Waals surface area contributed by atoms with Crippen molar-refractivity contribution in [3.05, 3.63) is 47.4 Å². The van der Waals surface area contributed by atoms with Crippen molar-refractivity contribution in [3.63, 3.8) is 0 Å². The van der Waals surface area contributed by atoms with E-state index in [9.17, 15) is 9.90 Å². The van der Waals surface area contributed by atoms with Crippen LogP contribution in [0.1, 0.15) is 30.6 Å². The van der Waals surface area contributed by atoms with E-state index < -0.39 is 6.23 Å². The third-order valence-corrected chi connectivity index (χ3v) is 6.60. The molecule has 0 radical (unpaired) electrons. The molecule has 0 saturated carbocycles. The maximum atomic E-state index is 12.3. The maximum Gasteiger partial charge on any atom is 0.337 e. The number of hydrogen-bond donors (Lipinski definition) is 2. The van der Waals surface area contributed by atoms with E-state index in [1.807, 2.05) is 13.0 Å². The molecular formula is C21H24N2O4. The summed E-state index contributed by atoms with van der Waals surface area (Å²) >= 11 is 0. The Labute approximate surface area is 157 Å². The molecule has 6 nitrogen and oxygen atoms in total. The number of carbonyl (C=O) groups excluding carboxylic acids is 1. The lowest BCUT2D eigenvalue weighted by Gasteiger charge is -2.52. The number of methoxy groups -OCH3 is 1. The molecule has 5 rings (SSSR count). The Morgan fingerprint density at radius 3 is 3.00 bits per heavy atom. The minimum Gasteiger partial charge on any atom is -0.497 e. The summed E-state index contributed by atoms with van der Waals surface area (Å²) in [6.07, 6.45) is 2.39. The SMILES string of the molecule is COC(=O)C1=COC(C)C2C1CC1c3[nH]c4ccccc4c3CCN1C2O. The molecule has 6 heteroatoms. The van der Waals surface area contributed by atoms with E-state index in [0.717, 1.165) is 24.9 Å². The monoisotopic (exact) mass is 368 g/mol. The minimum atomic E-state index is -0.656. The van der Waals surface area contributed by atoms with E-state index in [0.29, 0.717) is 5.57 Å². The van der Waals surface area contributed by atoms with Gasteiger partial charge in [-0.2, -0.15) is 0 Å². The van der Waals surface area contributed by atoms with Crippen LogP contribution in [0.5, 0.6) is 0 Å². The standard InChI is InChI=1S/C21H24N2O4/c1-11-18-14(15(10-27-11)21(25)26-2)9-17-19-13(7-8-23(17)20(18)24)12-5-3-4-6-16(12)22-19/h3-6,10-11,14,17-18,20,22,24H,7-9H2,1-2H3. The first-order valence-electron chi connectivity index (χ1n) is 9.57. The van der Waals surface area contributed by atoms with Crippen molar-refractivity contribution in [2.24, 2.45) is 11.8 Å². The van der Waals surface area contributed by atoms with Crippen molar-refractivity contribution >= 4 is 16.9 Å². The van der Waals surface area contributed by atoms with Crippen LogP contribution < -0.4 is 0 Å². The summed E-state index contributed by atoms with van der Waals surface area (Å²) in [7, 11) is 1.39. The van der Waals surface area contributed by atoms with E-state index in [4.69, 9.17) is 9.47 Å². The molecule has 2 N–H and O–H groups in total. The first-order chi connectivity index (χ1) is 13.1. The number of piperidine rings is 1. The molecule has 1 aromatic heterocycles. The van der Waals surface area contributed by atoms with Crippen LogP contribution in [0, 0.1) is 11.8 Å². The molecule has 0 bridgehead atoms. The highest BCUT2D eigenvalue weighted by Crippen LogP contribution is 2.49. The van der Waals surface area contributed by atoms with Crippen LogP contribution >= 0.6 is 0 Å². The van der Waals surface area contributed by atoms with Crippen LogP contribution in [0.4, 0.5) is 0 Å². The molecule has 0 amide bonds. The van der Waals surface area contributed by atoms with Crippen molar-refractivity contribution in [1.29, 1.82) is 0 Å². The molecule has 0 spiro atoms. The van der Waals surface area contributed by atoms with Gasteiger partial charge in [0.15, 0.2) is 0 Å².